The second kappa shape index (κ2) is 9.57. The van der Waals surface area contributed by atoms with E-state index in [0.29, 0.717) is 12.2 Å². The van der Waals surface area contributed by atoms with Gasteiger partial charge in [0.05, 0.1) is 18.0 Å². The fraction of sp³-hybridized carbons (Fsp3) is 0.182. The Kier molecular flexibility index (Phi) is 6.90. The maximum atomic E-state index is 12.5. The number of carbonyl (C=O) groups excluding carboxylic acids is 2. The molecule has 1 aromatic heterocycles. The van der Waals surface area contributed by atoms with Crippen LogP contribution in [0.5, 0.6) is 0 Å². The molecule has 0 unspecified atom stereocenters. The lowest BCUT2D eigenvalue weighted by atomic mass is 10.1. The molecule has 28 heavy (non-hydrogen) atoms. The first kappa shape index (κ1) is 20.2. The first-order valence-electron chi connectivity index (χ1n) is 8.88. The molecule has 0 saturated heterocycles. The number of hydrogen-bond donors (Lipinski definition) is 1. The van der Waals surface area contributed by atoms with Crippen LogP contribution in [-0.4, -0.2) is 24.7 Å². The summed E-state index contributed by atoms with van der Waals surface area (Å²) in [7, 11) is 0. The highest BCUT2D eigenvalue weighted by Crippen LogP contribution is 2.30. The van der Waals surface area contributed by atoms with E-state index in [1.807, 2.05) is 11.4 Å². The lowest BCUT2D eigenvalue weighted by molar-refractivity contribution is -0.142. The molecular weight excluding hydrogens is 390 g/mol. The van der Waals surface area contributed by atoms with Gasteiger partial charge in [0.15, 0.2) is 0 Å². The molecule has 1 heterocycles. The minimum absolute atomic E-state index is 0.172. The van der Waals surface area contributed by atoms with E-state index in [2.05, 4.69) is 35.8 Å². The van der Waals surface area contributed by atoms with Crippen LogP contribution >= 0.6 is 23.1 Å². The molecule has 0 atom stereocenters. The standard InChI is InChI=1S/C22H21NO3S2/c1-3-26-21(24)12-15-4-6-17(7-5-15)22(25)23-20-13-18(14-28-20)16-8-10-19(27-2)11-9-16/h4-11,13-14H,3,12H2,1-2H3,(H,23,25). The summed E-state index contributed by atoms with van der Waals surface area (Å²) < 4.78 is 4.94. The van der Waals surface area contributed by atoms with Crippen molar-refractivity contribution < 1.29 is 14.3 Å². The first-order chi connectivity index (χ1) is 13.6. The Morgan fingerprint density at radius 3 is 2.39 bits per heavy atom. The van der Waals surface area contributed by atoms with E-state index in [0.717, 1.165) is 21.7 Å². The predicted molar refractivity (Wildman–Crippen MR) is 116 cm³/mol. The molecule has 1 N–H and O–H groups in total. The summed E-state index contributed by atoms with van der Waals surface area (Å²) in [6.07, 6.45) is 2.26. The van der Waals surface area contributed by atoms with Gasteiger partial charge in [-0.15, -0.1) is 23.1 Å². The molecule has 0 aliphatic carbocycles. The second-order valence-electron chi connectivity index (χ2n) is 6.06. The molecule has 2 aromatic carbocycles. The zero-order valence-electron chi connectivity index (χ0n) is 15.7. The van der Waals surface area contributed by atoms with Gasteiger partial charge in [-0.05, 0) is 60.2 Å². The van der Waals surface area contributed by atoms with Crippen LogP contribution in [0.15, 0.2) is 64.9 Å². The van der Waals surface area contributed by atoms with Gasteiger partial charge in [-0.3, -0.25) is 9.59 Å². The summed E-state index contributed by atoms with van der Waals surface area (Å²) in [6.45, 7) is 2.14. The molecule has 0 aliphatic rings. The molecule has 6 heteroatoms. The highest BCUT2D eigenvalue weighted by atomic mass is 32.2. The fourth-order valence-electron chi connectivity index (χ4n) is 2.67. The van der Waals surface area contributed by atoms with Crippen molar-refractivity contribution in [3.05, 3.63) is 71.1 Å². The van der Waals surface area contributed by atoms with E-state index >= 15 is 0 Å². The van der Waals surface area contributed by atoms with Gasteiger partial charge in [0.1, 0.15) is 0 Å². The van der Waals surface area contributed by atoms with Crippen LogP contribution in [0.2, 0.25) is 0 Å². The van der Waals surface area contributed by atoms with Crippen molar-refractivity contribution in [2.75, 3.05) is 18.2 Å². The van der Waals surface area contributed by atoms with Gasteiger partial charge in [0, 0.05) is 15.8 Å². The van der Waals surface area contributed by atoms with E-state index in [-0.39, 0.29) is 18.3 Å². The fourth-order valence-corrected chi connectivity index (χ4v) is 3.89. The lowest BCUT2D eigenvalue weighted by Gasteiger charge is -2.05. The normalized spacial score (nSPS) is 10.5. The second-order valence-corrected chi connectivity index (χ2v) is 7.85. The van der Waals surface area contributed by atoms with Crippen molar-refractivity contribution in [2.45, 2.75) is 18.2 Å². The average Bonchev–Trinajstić information content (AvgIpc) is 3.17. The van der Waals surface area contributed by atoms with Gasteiger partial charge < -0.3 is 10.1 Å². The Bertz CT molecular complexity index is 947. The predicted octanol–water partition coefficient (Wildman–Crippen LogP) is 5.49. The van der Waals surface area contributed by atoms with E-state index in [9.17, 15) is 9.59 Å². The molecule has 0 radical (unpaired) electrons. The quantitative estimate of drug-likeness (QED) is 0.412. The monoisotopic (exact) mass is 411 g/mol. The highest BCUT2D eigenvalue weighted by molar-refractivity contribution is 7.98. The average molecular weight is 412 g/mol. The van der Waals surface area contributed by atoms with Crippen LogP contribution in [0.4, 0.5) is 5.00 Å². The van der Waals surface area contributed by atoms with Gasteiger partial charge in [0.2, 0.25) is 0 Å². The molecule has 0 aliphatic heterocycles. The summed E-state index contributed by atoms with van der Waals surface area (Å²) in [5.41, 5.74) is 3.57. The van der Waals surface area contributed by atoms with Crippen molar-refractivity contribution >= 4 is 40.0 Å². The smallest absolute Gasteiger partial charge is 0.310 e. The van der Waals surface area contributed by atoms with Crippen LogP contribution in [-0.2, 0) is 16.0 Å². The molecule has 3 aromatic rings. The minimum Gasteiger partial charge on any atom is -0.466 e. The van der Waals surface area contributed by atoms with Crippen LogP contribution in [0.3, 0.4) is 0 Å². The van der Waals surface area contributed by atoms with Gasteiger partial charge in [-0.1, -0.05) is 24.3 Å². The number of amides is 1. The highest BCUT2D eigenvalue weighted by Gasteiger charge is 2.10. The number of anilines is 1. The molecule has 4 nitrogen and oxygen atoms in total. The maximum absolute atomic E-state index is 12.5. The number of esters is 1. The third-order valence-electron chi connectivity index (χ3n) is 4.13. The lowest BCUT2D eigenvalue weighted by Crippen LogP contribution is -2.11. The Morgan fingerprint density at radius 2 is 1.75 bits per heavy atom. The summed E-state index contributed by atoms with van der Waals surface area (Å²) in [5.74, 6) is -0.440. The van der Waals surface area contributed by atoms with Crippen LogP contribution < -0.4 is 5.32 Å². The van der Waals surface area contributed by atoms with Crippen LogP contribution in [0.25, 0.3) is 11.1 Å². The number of nitrogens with one attached hydrogen (secondary N) is 1. The van der Waals surface area contributed by atoms with E-state index in [4.69, 9.17) is 4.74 Å². The number of thioether (sulfide) groups is 1. The molecule has 0 bridgehead atoms. The molecule has 144 valence electrons. The van der Waals surface area contributed by atoms with Gasteiger partial charge >= 0.3 is 5.97 Å². The number of hydrogen-bond acceptors (Lipinski definition) is 5. The van der Waals surface area contributed by atoms with Crippen molar-refractivity contribution in [1.29, 1.82) is 0 Å². The SMILES string of the molecule is CCOC(=O)Cc1ccc(C(=O)Nc2cc(-c3ccc(SC)cc3)cs2)cc1. The molecule has 0 spiro atoms. The summed E-state index contributed by atoms with van der Waals surface area (Å²) in [4.78, 5) is 25.2. The zero-order valence-corrected chi connectivity index (χ0v) is 17.4. The molecule has 0 saturated carbocycles. The Morgan fingerprint density at radius 1 is 1.04 bits per heavy atom. The van der Waals surface area contributed by atoms with Crippen molar-refractivity contribution in [1.82, 2.24) is 0 Å². The number of benzene rings is 2. The largest absolute Gasteiger partial charge is 0.466 e. The third-order valence-corrected chi connectivity index (χ3v) is 5.72. The van der Waals surface area contributed by atoms with Crippen LogP contribution in [0.1, 0.15) is 22.8 Å². The number of ether oxygens (including phenoxy) is 1. The summed E-state index contributed by atoms with van der Waals surface area (Å²) in [5, 5.41) is 5.77. The van der Waals surface area contributed by atoms with Crippen molar-refractivity contribution in [2.24, 2.45) is 0 Å². The van der Waals surface area contributed by atoms with Crippen molar-refractivity contribution in [3.8, 4) is 11.1 Å². The number of rotatable bonds is 7. The third kappa shape index (κ3) is 5.24. The molecule has 3 rings (SSSR count). The molecular formula is C22H21NO3S2. The Balaban J connectivity index is 1.63. The number of carbonyl (C=O) groups is 2. The van der Waals surface area contributed by atoms with Gasteiger partial charge in [0.25, 0.3) is 5.91 Å². The Hall–Kier alpha value is -2.57. The van der Waals surface area contributed by atoms with Crippen LogP contribution in [0, 0.1) is 0 Å². The van der Waals surface area contributed by atoms with Crippen molar-refractivity contribution in [3.63, 3.8) is 0 Å². The number of thiophene rings is 1. The Labute approximate surface area is 172 Å². The van der Waals surface area contributed by atoms with Gasteiger partial charge in [-0.2, -0.15) is 0 Å². The molecule has 1 amide bonds. The zero-order chi connectivity index (χ0) is 19.9. The van der Waals surface area contributed by atoms with E-state index in [1.165, 1.54) is 16.2 Å². The summed E-state index contributed by atoms with van der Waals surface area (Å²) >= 11 is 3.21. The first-order valence-corrected chi connectivity index (χ1v) is 11.0. The van der Waals surface area contributed by atoms with Gasteiger partial charge in [-0.25, -0.2) is 0 Å². The maximum Gasteiger partial charge on any atom is 0.310 e. The topological polar surface area (TPSA) is 55.4 Å². The molecule has 0 fully saturated rings. The van der Waals surface area contributed by atoms with E-state index < -0.39 is 0 Å². The summed E-state index contributed by atoms with van der Waals surface area (Å²) in [6, 6.07) is 17.3. The van der Waals surface area contributed by atoms with E-state index in [1.54, 1.807) is 43.0 Å². The minimum atomic E-state index is -0.267.